The molecular formula is C31H31F3N2O4S2. The lowest BCUT2D eigenvalue weighted by molar-refractivity contribution is -0.137. The van der Waals surface area contributed by atoms with Crippen molar-refractivity contribution in [1.29, 1.82) is 0 Å². The first kappa shape index (κ1) is 30.2. The molecule has 222 valence electrons. The van der Waals surface area contributed by atoms with E-state index in [9.17, 15) is 21.6 Å². The number of rotatable bonds is 9. The summed E-state index contributed by atoms with van der Waals surface area (Å²) in [6.07, 6.45) is -5.02. The van der Waals surface area contributed by atoms with Gasteiger partial charge in [-0.2, -0.15) is 18.3 Å². The number of thioether (sulfide) groups is 1. The highest BCUT2D eigenvalue weighted by molar-refractivity contribution is 7.98. The molecule has 0 bridgehead atoms. The summed E-state index contributed by atoms with van der Waals surface area (Å²) in [6.45, 7) is 2.19. The Morgan fingerprint density at radius 2 is 1.76 bits per heavy atom. The zero-order chi connectivity index (χ0) is 30.0. The van der Waals surface area contributed by atoms with Crippen LogP contribution in [0.25, 0.3) is 0 Å². The smallest absolute Gasteiger partial charge is 0.416 e. The van der Waals surface area contributed by atoms with E-state index in [4.69, 9.17) is 14.6 Å². The number of halogens is 3. The molecule has 1 aromatic heterocycles. The molecule has 0 aliphatic carbocycles. The van der Waals surface area contributed by atoms with Crippen LogP contribution in [0.3, 0.4) is 0 Å². The molecule has 5 rings (SSSR count). The van der Waals surface area contributed by atoms with Gasteiger partial charge in [0.15, 0.2) is 9.84 Å². The molecule has 0 amide bonds. The highest BCUT2D eigenvalue weighted by atomic mass is 32.2. The van der Waals surface area contributed by atoms with Crippen molar-refractivity contribution in [3.8, 4) is 5.75 Å². The minimum Gasteiger partial charge on any atom is -0.497 e. The first-order chi connectivity index (χ1) is 20.0. The lowest BCUT2D eigenvalue weighted by Gasteiger charge is -2.37. The molecule has 0 radical (unpaired) electrons. The van der Waals surface area contributed by atoms with Gasteiger partial charge in [0.25, 0.3) is 0 Å². The average molecular weight is 617 g/mol. The third kappa shape index (κ3) is 6.53. The summed E-state index contributed by atoms with van der Waals surface area (Å²) in [7, 11) is -2.51. The van der Waals surface area contributed by atoms with Crippen molar-refractivity contribution in [1.82, 2.24) is 9.78 Å². The van der Waals surface area contributed by atoms with Crippen molar-refractivity contribution < 1.29 is 31.1 Å². The Hall–Kier alpha value is -3.28. The van der Waals surface area contributed by atoms with E-state index in [-0.39, 0.29) is 24.3 Å². The summed E-state index contributed by atoms with van der Waals surface area (Å²) in [6, 6.07) is 23.4. The van der Waals surface area contributed by atoms with Crippen molar-refractivity contribution in [3.05, 3.63) is 107 Å². The van der Waals surface area contributed by atoms with Crippen LogP contribution in [-0.4, -0.2) is 36.7 Å². The van der Waals surface area contributed by atoms with E-state index in [2.05, 4.69) is 0 Å². The monoisotopic (exact) mass is 616 g/mol. The Morgan fingerprint density at radius 3 is 2.45 bits per heavy atom. The van der Waals surface area contributed by atoms with Gasteiger partial charge in [0.2, 0.25) is 0 Å². The van der Waals surface area contributed by atoms with Crippen LogP contribution in [0.5, 0.6) is 5.75 Å². The summed E-state index contributed by atoms with van der Waals surface area (Å²) in [4.78, 5) is -0.339. The second-order valence-corrected chi connectivity index (χ2v) is 13.9. The molecule has 2 heterocycles. The van der Waals surface area contributed by atoms with Crippen LogP contribution in [0, 0.1) is 0 Å². The van der Waals surface area contributed by atoms with E-state index in [0.29, 0.717) is 12.3 Å². The van der Waals surface area contributed by atoms with Crippen LogP contribution in [-0.2, 0) is 33.0 Å². The van der Waals surface area contributed by atoms with Crippen molar-refractivity contribution in [2.75, 3.05) is 13.7 Å². The lowest BCUT2D eigenvalue weighted by atomic mass is 9.94. The van der Waals surface area contributed by atoms with Gasteiger partial charge in [-0.25, -0.2) is 8.42 Å². The zero-order valence-electron chi connectivity index (χ0n) is 23.2. The second kappa shape index (κ2) is 12.1. The van der Waals surface area contributed by atoms with Crippen LogP contribution in [0.4, 0.5) is 13.2 Å². The van der Waals surface area contributed by atoms with E-state index in [1.165, 1.54) is 6.07 Å². The summed E-state index contributed by atoms with van der Waals surface area (Å²) in [5.74, 6) is 1.44. The third-order valence-corrected chi connectivity index (χ3v) is 11.0. The van der Waals surface area contributed by atoms with Gasteiger partial charge in [-0.15, -0.1) is 0 Å². The maximum absolute atomic E-state index is 13.8. The molecule has 6 nitrogen and oxygen atoms in total. The predicted molar refractivity (Wildman–Crippen MR) is 155 cm³/mol. The molecule has 3 aromatic carbocycles. The van der Waals surface area contributed by atoms with Crippen LogP contribution < -0.4 is 4.74 Å². The molecular weight excluding hydrogens is 585 g/mol. The van der Waals surface area contributed by atoms with Crippen LogP contribution >= 0.6 is 11.8 Å². The molecule has 0 spiro atoms. The summed E-state index contributed by atoms with van der Waals surface area (Å²) in [5.41, 5.74) is 1.84. The molecule has 1 aliphatic rings. The molecule has 4 aromatic rings. The third-order valence-electron chi connectivity index (χ3n) is 7.53. The highest BCUT2D eigenvalue weighted by Crippen LogP contribution is 2.43. The first-order valence-corrected chi connectivity index (χ1v) is 15.9. The minimum absolute atomic E-state index is 0.0780. The van der Waals surface area contributed by atoms with Gasteiger partial charge in [-0.3, -0.25) is 4.68 Å². The summed E-state index contributed by atoms with van der Waals surface area (Å²) >= 11 is 1.55. The number of alkyl halides is 3. The molecule has 1 aliphatic heterocycles. The second-order valence-electron chi connectivity index (χ2n) is 10.5. The Bertz CT molecular complexity index is 1620. The largest absolute Gasteiger partial charge is 0.497 e. The van der Waals surface area contributed by atoms with Gasteiger partial charge < -0.3 is 9.47 Å². The topological polar surface area (TPSA) is 70.4 Å². The van der Waals surface area contributed by atoms with Gasteiger partial charge in [0.05, 0.1) is 34.6 Å². The van der Waals surface area contributed by atoms with E-state index >= 15 is 0 Å². The van der Waals surface area contributed by atoms with Gasteiger partial charge in [0.1, 0.15) is 16.9 Å². The maximum atomic E-state index is 13.8. The van der Waals surface area contributed by atoms with Gasteiger partial charge in [-0.05, 0) is 67.3 Å². The number of hydrogen-bond acceptors (Lipinski definition) is 6. The van der Waals surface area contributed by atoms with Crippen LogP contribution in [0.2, 0.25) is 0 Å². The average Bonchev–Trinajstić information content (AvgIpc) is 3.39. The fourth-order valence-electron chi connectivity index (χ4n) is 5.03. The first-order valence-electron chi connectivity index (χ1n) is 13.4. The number of ether oxygens (including phenoxy) is 2. The van der Waals surface area contributed by atoms with Crippen LogP contribution in [0.1, 0.15) is 48.3 Å². The molecule has 1 saturated heterocycles. The number of hydrogen-bond donors (Lipinski definition) is 0. The molecule has 2 unspecified atom stereocenters. The maximum Gasteiger partial charge on any atom is 0.416 e. The van der Waals surface area contributed by atoms with E-state index < -0.39 is 32.4 Å². The van der Waals surface area contributed by atoms with Crippen LogP contribution in [0.15, 0.2) is 94.9 Å². The van der Waals surface area contributed by atoms with E-state index in [0.717, 1.165) is 45.8 Å². The van der Waals surface area contributed by atoms with Crippen molar-refractivity contribution in [2.45, 2.75) is 59.0 Å². The molecule has 11 heteroatoms. The molecule has 0 saturated carbocycles. The van der Waals surface area contributed by atoms with Crippen molar-refractivity contribution in [3.63, 3.8) is 0 Å². The quantitative estimate of drug-likeness (QED) is 0.183. The van der Waals surface area contributed by atoms with Crippen molar-refractivity contribution in [2.24, 2.45) is 0 Å². The highest BCUT2D eigenvalue weighted by Gasteiger charge is 2.46. The van der Waals surface area contributed by atoms with E-state index in [1.54, 1.807) is 25.8 Å². The normalized spacial score (nSPS) is 19.5. The molecule has 2 atom stereocenters. The Balaban J connectivity index is 1.43. The fraction of sp³-hybridized carbons (Fsp3) is 0.323. The fourth-order valence-corrected chi connectivity index (χ4v) is 7.73. The Kier molecular flexibility index (Phi) is 8.73. The Labute approximate surface area is 247 Å². The summed E-state index contributed by atoms with van der Waals surface area (Å²) < 4.78 is 79.6. The number of nitrogens with zero attached hydrogens (tertiary/aromatic N) is 2. The molecule has 1 fully saturated rings. The number of sulfone groups is 1. The summed E-state index contributed by atoms with van der Waals surface area (Å²) in [5, 5.41) is 5.59. The number of methoxy groups -OCH3 is 1. The lowest BCUT2D eigenvalue weighted by Crippen LogP contribution is -2.42. The van der Waals surface area contributed by atoms with Gasteiger partial charge in [-0.1, -0.05) is 60.3 Å². The SMILES string of the molecule is COc1ccc(CSc2cc(C3CC(C)(S(=O)(=O)c4cccc(C(F)(F)F)c4)CCO3)n(Cc3ccccc3)n2)cc1. The number of benzene rings is 3. The predicted octanol–water partition coefficient (Wildman–Crippen LogP) is 7.34. The Morgan fingerprint density at radius 1 is 1.02 bits per heavy atom. The van der Waals surface area contributed by atoms with Gasteiger partial charge >= 0.3 is 6.18 Å². The van der Waals surface area contributed by atoms with Gasteiger partial charge in [0, 0.05) is 12.4 Å². The van der Waals surface area contributed by atoms with E-state index in [1.807, 2.05) is 65.3 Å². The minimum atomic E-state index is -4.64. The standard InChI is InChI=1S/C31H31F3N2O4S2/c1-30(42(37,38)26-10-6-9-24(17-26)31(32,33)34)15-16-40-28(19-30)27-18-29(35-36(27)20-22-7-4-3-5-8-22)41-21-23-11-13-25(39-2)14-12-23/h3-14,17-18,28H,15-16,19-21H2,1-2H3. The van der Waals surface area contributed by atoms with Crippen molar-refractivity contribution >= 4 is 21.6 Å². The molecule has 0 N–H and O–H groups in total. The number of aromatic nitrogens is 2. The molecule has 42 heavy (non-hydrogen) atoms. The zero-order valence-corrected chi connectivity index (χ0v) is 24.8.